The van der Waals surface area contributed by atoms with Crippen LogP contribution in [0.1, 0.15) is 0 Å². The van der Waals surface area contributed by atoms with E-state index in [1.165, 1.54) is 11.5 Å². The van der Waals surface area contributed by atoms with Crippen molar-refractivity contribution in [3.8, 4) is 11.4 Å². The largest absolute Gasteiger partial charge is 0.309 e. The first-order chi connectivity index (χ1) is 22.8. The molecule has 46 heavy (non-hydrogen) atoms. The summed E-state index contributed by atoms with van der Waals surface area (Å²) < 4.78 is 19.3. The second kappa shape index (κ2) is 10.5. The van der Waals surface area contributed by atoms with Crippen LogP contribution >= 0.6 is 0 Å². The van der Waals surface area contributed by atoms with Crippen molar-refractivity contribution in [1.82, 2.24) is 9.13 Å². The number of nitrogens with zero attached hydrogens (tertiary/aromatic N) is 3. The Kier molecular flexibility index (Phi) is 6.00. The van der Waals surface area contributed by atoms with Crippen LogP contribution in [0, 0.1) is 5.82 Å². The highest BCUT2D eigenvalue weighted by molar-refractivity contribution is 6.19. The highest BCUT2D eigenvalue weighted by Gasteiger charge is 2.24. The topological polar surface area (TPSA) is 13.1 Å². The fraction of sp³-hybridized carbons (Fsp3) is 0. The quantitative estimate of drug-likeness (QED) is 0.193. The minimum Gasteiger partial charge on any atom is -0.309 e. The molecular weight excluding hydrogens is 565 g/mol. The monoisotopic (exact) mass is 593 g/mol. The smallest absolute Gasteiger partial charge is 0.125 e. The predicted octanol–water partition coefficient (Wildman–Crippen LogP) is 11.5. The zero-order chi connectivity index (χ0) is 30.6. The Morgan fingerprint density at radius 3 is 1.76 bits per heavy atom. The third kappa shape index (κ3) is 3.97. The van der Waals surface area contributed by atoms with Crippen LogP contribution in [-0.4, -0.2) is 9.13 Å². The van der Waals surface area contributed by atoms with Crippen molar-refractivity contribution in [2.24, 2.45) is 0 Å². The molecule has 0 atom stereocenters. The van der Waals surface area contributed by atoms with Gasteiger partial charge in [-0.2, -0.15) is 0 Å². The fourth-order valence-electron chi connectivity index (χ4n) is 7.09. The minimum absolute atomic E-state index is 0.265. The maximum Gasteiger partial charge on any atom is 0.125 e. The van der Waals surface area contributed by atoms with Gasteiger partial charge in [-0.05, 0) is 72.8 Å². The molecular formula is C42H28FN3. The number of para-hydroxylation sites is 5. The molecule has 2 aromatic heterocycles. The van der Waals surface area contributed by atoms with Gasteiger partial charge in [0.25, 0.3) is 0 Å². The van der Waals surface area contributed by atoms with Gasteiger partial charge in [0, 0.05) is 38.6 Å². The molecule has 0 saturated heterocycles. The van der Waals surface area contributed by atoms with Gasteiger partial charge in [0.2, 0.25) is 0 Å². The molecule has 0 aliphatic carbocycles. The van der Waals surface area contributed by atoms with Gasteiger partial charge in [-0.3, -0.25) is 0 Å². The highest BCUT2D eigenvalue weighted by Crippen LogP contribution is 2.47. The van der Waals surface area contributed by atoms with Gasteiger partial charge in [-0.1, -0.05) is 97.1 Å². The molecule has 9 rings (SSSR count). The van der Waals surface area contributed by atoms with Crippen molar-refractivity contribution in [3.63, 3.8) is 0 Å². The van der Waals surface area contributed by atoms with E-state index in [0.717, 1.165) is 66.7 Å². The highest BCUT2D eigenvalue weighted by atomic mass is 19.1. The van der Waals surface area contributed by atoms with Crippen molar-refractivity contribution in [2.45, 2.75) is 0 Å². The van der Waals surface area contributed by atoms with Crippen molar-refractivity contribution < 1.29 is 4.39 Å². The summed E-state index contributed by atoms with van der Waals surface area (Å²) in [6, 6.07) is 58.0. The van der Waals surface area contributed by atoms with Gasteiger partial charge < -0.3 is 14.0 Å². The van der Waals surface area contributed by atoms with Gasteiger partial charge in [0.05, 0.1) is 33.4 Å². The number of hydrogen-bond donors (Lipinski definition) is 0. The van der Waals surface area contributed by atoms with Crippen molar-refractivity contribution >= 4 is 60.7 Å². The second-order valence-corrected chi connectivity index (χ2v) is 11.5. The van der Waals surface area contributed by atoms with Gasteiger partial charge >= 0.3 is 0 Å². The van der Waals surface area contributed by atoms with E-state index in [0.29, 0.717) is 0 Å². The third-order valence-corrected chi connectivity index (χ3v) is 8.93. The van der Waals surface area contributed by atoms with E-state index in [-0.39, 0.29) is 5.82 Å². The molecule has 7 aromatic carbocycles. The van der Waals surface area contributed by atoms with Crippen molar-refractivity contribution in [3.05, 3.63) is 176 Å². The van der Waals surface area contributed by atoms with Crippen molar-refractivity contribution in [2.75, 3.05) is 4.90 Å². The van der Waals surface area contributed by atoms with Gasteiger partial charge in [-0.15, -0.1) is 0 Å². The van der Waals surface area contributed by atoms with Gasteiger partial charge in [0.1, 0.15) is 5.82 Å². The molecule has 0 amide bonds. The van der Waals surface area contributed by atoms with E-state index in [1.807, 2.05) is 18.2 Å². The number of anilines is 3. The maximum atomic E-state index is 14.8. The average Bonchev–Trinajstić information content (AvgIpc) is 3.63. The standard InChI is InChI=1S/C42H28FN3/c43-29-14-11-19-32(28-29)46-36-23-9-7-20-33(36)34-22-12-27-40(42(34)46)45(31-17-5-2-6-18-31)39-26-13-25-38-41(39)35-21-8-10-24-37(35)44(38)30-15-3-1-4-16-30/h1-28H. The molecule has 0 spiro atoms. The zero-order valence-electron chi connectivity index (χ0n) is 24.9. The summed E-state index contributed by atoms with van der Waals surface area (Å²) in [5.74, 6) is -0.265. The number of benzene rings is 7. The molecule has 218 valence electrons. The Morgan fingerprint density at radius 1 is 0.413 bits per heavy atom. The molecule has 0 unspecified atom stereocenters. The maximum absolute atomic E-state index is 14.8. The number of rotatable bonds is 5. The number of halogens is 1. The zero-order valence-corrected chi connectivity index (χ0v) is 24.9. The van der Waals surface area contributed by atoms with Crippen molar-refractivity contribution in [1.29, 1.82) is 0 Å². The molecule has 0 aliphatic rings. The van der Waals surface area contributed by atoms with Crippen LogP contribution in [0.15, 0.2) is 170 Å². The molecule has 0 radical (unpaired) electrons. The molecule has 0 N–H and O–H groups in total. The molecule has 0 aliphatic heterocycles. The summed E-state index contributed by atoms with van der Waals surface area (Å²) in [7, 11) is 0. The first-order valence-corrected chi connectivity index (χ1v) is 15.5. The second-order valence-electron chi connectivity index (χ2n) is 11.5. The lowest BCUT2D eigenvalue weighted by atomic mass is 10.1. The summed E-state index contributed by atoms with van der Waals surface area (Å²) in [5.41, 5.74) is 9.33. The Labute approximate surface area is 265 Å². The molecule has 2 heterocycles. The first-order valence-electron chi connectivity index (χ1n) is 15.5. The summed E-state index contributed by atoms with van der Waals surface area (Å²) in [6.07, 6.45) is 0. The lowest BCUT2D eigenvalue weighted by Crippen LogP contribution is -2.12. The van der Waals surface area contributed by atoms with Crippen LogP contribution in [0.3, 0.4) is 0 Å². The molecule has 0 bridgehead atoms. The molecule has 0 fully saturated rings. The number of hydrogen-bond acceptors (Lipinski definition) is 1. The molecule has 9 aromatic rings. The van der Waals surface area contributed by atoms with Crippen LogP contribution < -0.4 is 4.90 Å². The van der Waals surface area contributed by atoms with E-state index in [2.05, 4.69) is 147 Å². The lowest BCUT2D eigenvalue weighted by molar-refractivity contribution is 0.627. The Morgan fingerprint density at radius 2 is 0.978 bits per heavy atom. The predicted molar refractivity (Wildman–Crippen MR) is 190 cm³/mol. The Balaban J connectivity index is 1.43. The normalized spacial score (nSPS) is 11.6. The van der Waals surface area contributed by atoms with E-state index < -0.39 is 0 Å². The Bertz CT molecular complexity index is 2540. The summed E-state index contributed by atoms with van der Waals surface area (Å²) >= 11 is 0. The van der Waals surface area contributed by atoms with Crippen LogP contribution in [0.4, 0.5) is 21.5 Å². The van der Waals surface area contributed by atoms with Crippen LogP contribution in [-0.2, 0) is 0 Å². The van der Waals surface area contributed by atoms with E-state index >= 15 is 0 Å². The summed E-state index contributed by atoms with van der Waals surface area (Å²) in [5, 5.41) is 4.57. The minimum atomic E-state index is -0.265. The van der Waals surface area contributed by atoms with Crippen LogP contribution in [0.2, 0.25) is 0 Å². The van der Waals surface area contributed by atoms with Gasteiger partial charge in [0.15, 0.2) is 0 Å². The third-order valence-electron chi connectivity index (χ3n) is 8.93. The SMILES string of the molecule is Fc1cccc(-n2c3ccccc3c3cccc(N(c4ccccc4)c4cccc5c4c4ccccc4n5-c4ccccc4)c32)c1. The average molecular weight is 594 g/mol. The van der Waals surface area contributed by atoms with E-state index in [9.17, 15) is 4.39 Å². The van der Waals surface area contributed by atoms with Crippen LogP contribution in [0.25, 0.3) is 55.0 Å². The molecule has 3 nitrogen and oxygen atoms in total. The summed E-state index contributed by atoms with van der Waals surface area (Å²) in [6.45, 7) is 0. The van der Waals surface area contributed by atoms with E-state index in [1.54, 1.807) is 12.1 Å². The van der Waals surface area contributed by atoms with Gasteiger partial charge in [-0.25, -0.2) is 4.39 Å². The number of fused-ring (bicyclic) bond motifs is 6. The number of aromatic nitrogens is 2. The first kappa shape index (κ1) is 26.3. The molecule has 4 heteroatoms. The van der Waals surface area contributed by atoms with Crippen LogP contribution in [0.5, 0.6) is 0 Å². The van der Waals surface area contributed by atoms with E-state index in [4.69, 9.17) is 0 Å². The fourth-order valence-corrected chi connectivity index (χ4v) is 7.09. The lowest BCUT2D eigenvalue weighted by Gasteiger charge is -2.28. The molecule has 0 saturated carbocycles. The summed E-state index contributed by atoms with van der Waals surface area (Å²) in [4.78, 5) is 2.36. The Hall–Kier alpha value is -6.13.